The van der Waals surface area contributed by atoms with E-state index in [1.54, 1.807) is 20.1 Å². The zero-order valence-electron chi connectivity index (χ0n) is 32.4. The Morgan fingerprint density at radius 3 is 2.62 bits per heavy atom. The van der Waals surface area contributed by atoms with Crippen molar-refractivity contribution < 1.29 is 37.1 Å². The van der Waals surface area contributed by atoms with Gasteiger partial charge in [0.1, 0.15) is 34.7 Å². The topological polar surface area (TPSA) is 202 Å². The lowest BCUT2D eigenvalue weighted by atomic mass is 9.86. The second-order valence-corrected chi connectivity index (χ2v) is 18.3. The van der Waals surface area contributed by atoms with E-state index < -0.39 is 61.6 Å². The van der Waals surface area contributed by atoms with Gasteiger partial charge in [0, 0.05) is 23.6 Å². The molecule has 1 aromatic carbocycles. The van der Waals surface area contributed by atoms with Crippen LogP contribution in [0.1, 0.15) is 107 Å². The number of fused-ring (bicyclic) bond motifs is 4. The molecular formula is C40H51N7O8S. The van der Waals surface area contributed by atoms with E-state index in [2.05, 4.69) is 25.6 Å². The SMILES string of the molecule is CCc1nc2ccc(OC)cc2c2c1OC1(CC2)CC2C(=O)NC(C)(C(=O)NS(=O)(=O)C3(C)CC3)CC=CCCCCCC(NC(=O)c3cn[nH]c3)C(=O)N2C1. The number of pyridine rings is 1. The van der Waals surface area contributed by atoms with E-state index >= 15 is 0 Å². The van der Waals surface area contributed by atoms with Crippen molar-refractivity contribution in [2.75, 3.05) is 13.7 Å². The summed E-state index contributed by atoms with van der Waals surface area (Å²) in [4.78, 5) is 63.2. The Kier molecular flexibility index (Phi) is 10.6. The molecule has 3 aliphatic heterocycles. The fraction of sp³-hybridized carbons (Fsp3) is 0.550. The van der Waals surface area contributed by atoms with Crippen LogP contribution in [0.25, 0.3) is 10.9 Å². The van der Waals surface area contributed by atoms with Crippen LogP contribution in [0, 0.1) is 0 Å². The van der Waals surface area contributed by atoms with Crippen LogP contribution in [0.15, 0.2) is 42.7 Å². The molecule has 15 nitrogen and oxygen atoms in total. The van der Waals surface area contributed by atoms with E-state index in [-0.39, 0.29) is 24.9 Å². The number of hydrogen-bond donors (Lipinski definition) is 4. The van der Waals surface area contributed by atoms with Crippen LogP contribution in [0.3, 0.4) is 0 Å². The molecule has 4 unspecified atom stereocenters. The molecule has 1 aliphatic carbocycles. The van der Waals surface area contributed by atoms with Gasteiger partial charge in [-0.25, -0.2) is 13.4 Å². The van der Waals surface area contributed by atoms with E-state index in [1.807, 2.05) is 31.2 Å². The number of sulfonamides is 1. The number of aromatic nitrogens is 3. The summed E-state index contributed by atoms with van der Waals surface area (Å²) in [6.45, 7) is 5.13. The summed E-state index contributed by atoms with van der Waals surface area (Å²) >= 11 is 0. The second kappa shape index (κ2) is 15.2. The maximum Gasteiger partial charge on any atom is 0.259 e. The van der Waals surface area contributed by atoms with Crippen molar-refractivity contribution in [3.8, 4) is 11.5 Å². The van der Waals surface area contributed by atoms with Gasteiger partial charge in [-0.15, -0.1) is 0 Å². The van der Waals surface area contributed by atoms with Crippen molar-refractivity contribution in [2.24, 2.45) is 0 Å². The number of benzene rings is 1. The first-order valence-electron chi connectivity index (χ1n) is 19.5. The Balaban J connectivity index is 1.26. The van der Waals surface area contributed by atoms with Crippen molar-refractivity contribution in [1.82, 2.24) is 35.4 Å². The van der Waals surface area contributed by atoms with Crippen LogP contribution < -0.4 is 24.8 Å². The summed E-state index contributed by atoms with van der Waals surface area (Å²) in [5, 5.41) is 13.2. The number of nitrogens with zero attached hydrogens (tertiary/aromatic N) is 3. The molecule has 300 valence electrons. The van der Waals surface area contributed by atoms with Crippen molar-refractivity contribution in [3.63, 3.8) is 0 Å². The van der Waals surface area contributed by atoms with Crippen LogP contribution in [-0.2, 0) is 37.2 Å². The number of aromatic amines is 1. The molecule has 1 saturated carbocycles. The van der Waals surface area contributed by atoms with Crippen LogP contribution in [0.5, 0.6) is 11.5 Å². The summed E-state index contributed by atoms with van der Waals surface area (Å²) in [5.41, 5.74) is 0.124. The van der Waals surface area contributed by atoms with Crippen molar-refractivity contribution >= 4 is 44.6 Å². The number of carbonyl (C=O) groups excluding carboxylic acids is 4. The molecule has 5 heterocycles. The minimum absolute atomic E-state index is 0.0257. The van der Waals surface area contributed by atoms with E-state index in [0.717, 1.165) is 35.0 Å². The van der Waals surface area contributed by atoms with Gasteiger partial charge in [0.2, 0.25) is 21.8 Å². The molecule has 0 bridgehead atoms. The van der Waals surface area contributed by atoms with Gasteiger partial charge in [0.05, 0.1) is 41.4 Å². The maximum absolute atomic E-state index is 14.8. The predicted molar refractivity (Wildman–Crippen MR) is 207 cm³/mol. The van der Waals surface area contributed by atoms with Crippen molar-refractivity contribution in [3.05, 3.63) is 59.6 Å². The fourth-order valence-electron chi connectivity index (χ4n) is 8.03. The highest BCUT2D eigenvalue weighted by molar-refractivity contribution is 7.91. The summed E-state index contributed by atoms with van der Waals surface area (Å²) in [7, 11) is -2.41. The Labute approximate surface area is 326 Å². The lowest BCUT2D eigenvalue weighted by Crippen LogP contribution is -2.62. The molecule has 7 rings (SSSR count). The summed E-state index contributed by atoms with van der Waals surface area (Å²) < 4.78 is 40.1. The van der Waals surface area contributed by atoms with Crippen LogP contribution >= 0.6 is 0 Å². The average Bonchev–Trinajstić information content (AvgIpc) is 3.54. The second-order valence-electron chi connectivity index (χ2n) is 16.1. The van der Waals surface area contributed by atoms with Gasteiger partial charge in [-0.2, -0.15) is 5.10 Å². The van der Waals surface area contributed by atoms with E-state index in [9.17, 15) is 27.6 Å². The molecule has 2 fully saturated rings. The number of carbonyl (C=O) groups is 4. The number of aryl methyl sites for hydroxylation is 2. The third-order valence-corrected chi connectivity index (χ3v) is 14.1. The quantitative estimate of drug-likeness (QED) is 0.255. The Bertz CT molecular complexity index is 2170. The number of hydrogen-bond acceptors (Lipinski definition) is 10. The number of H-pyrrole nitrogens is 1. The molecule has 16 heteroatoms. The third-order valence-electron chi connectivity index (χ3n) is 11.9. The van der Waals surface area contributed by atoms with Gasteiger partial charge in [-0.1, -0.05) is 31.9 Å². The number of rotatable bonds is 7. The highest BCUT2D eigenvalue weighted by atomic mass is 32.2. The zero-order chi connectivity index (χ0) is 39.9. The fourth-order valence-corrected chi connectivity index (χ4v) is 9.38. The first-order chi connectivity index (χ1) is 26.7. The van der Waals surface area contributed by atoms with Gasteiger partial charge < -0.3 is 25.0 Å². The highest BCUT2D eigenvalue weighted by Crippen LogP contribution is 2.46. The number of amides is 4. The number of nitrogens with one attached hydrogen (secondary N) is 4. The summed E-state index contributed by atoms with van der Waals surface area (Å²) in [6, 6.07) is 3.64. The monoisotopic (exact) mass is 789 g/mol. The molecule has 4 N–H and O–H groups in total. The minimum Gasteiger partial charge on any atom is -0.497 e. The Hall–Kier alpha value is -4.99. The molecule has 3 aromatic rings. The van der Waals surface area contributed by atoms with Crippen molar-refractivity contribution in [1.29, 1.82) is 0 Å². The Morgan fingerprint density at radius 1 is 1.11 bits per heavy atom. The Morgan fingerprint density at radius 2 is 1.91 bits per heavy atom. The third kappa shape index (κ3) is 7.59. The van der Waals surface area contributed by atoms with Crippen LogP contribution in [0.4, 0.5) is 0 Å². The number of methoxy groups -OCH3 is 1. The molecular weight excluding hydrogens is 739 g/mol. The number of allylic oxidation sites excluding steroid dienone is 1. The normalized spacial score (nSPS) is 26.6. The molecule has 0 radical (unpaired) electrons. The van der Waals surface area contributed by atoms with E-state index in [1.165, 1.54) is 24.2 Å². The molecule has 56 heavy (non-hydrogen) atoms. The van der Waals surface area contributed by atoms with Gasteiger partial charge in [0.25, 0.3) is 11.8 Å². The van der Waals surface area contributed by atoms with Crippen LogP contribution in [0.2, 0.25) is 0 Å². The van der Waals surface area contributed by atoms with Crippen LogP contribution in [-0.4, -0.2) is 93.8 Å². The average molecular weight is 790 g/mol. The van der Waals surface area contributed by atoms with Gasteiger partial charge >= 0.3 is 0 Å². The standard InChI is InChI=1S/C40H51N7O8S/c1-5-29-33-27(28-20-26(54-4)13-14-30(28)43-29)15-17-40(55-33)21-32-35(49)45-39(3,37(51)46-56(52,53)38(2)18-19-38)16-11-9-7-6-8-10-12-31(36(50)47(32)24-40)44-34(48)25-22-41-42-23-25/h9,11,13-14,20,22-23,31-32H,5-8,10,12,15-19,21,24H2,1-4H3,(H,41,42)(H,44,48)(H,45,49)(H,46,51). The highest BCUT2D eigenvalue weighted by Gasteiger charge is 2.55. The largest absolute Gasteiger partial charge is 0.497 e. The van der Waals surface area contributed by atoms with Gasteiger partial charge in [0.15, 0.2) is 0 Å². The van der Waals surface area contributed by atoms with E-state index in [4.69, 9.17) is 14.5 Å². The molecule has 1 spiro atoms. The zero-order valence-corrected chi connectivity index (χ0v) is 33.2. The predicted octanol–water partition coefficient (Wildman–Crippen LogP) is 3.78. The van der Waals surface area contributed by atoms with Crippen molar-refractivity contribution in [2.45, 2.75) is 126 Å². The smallest absolute Gasteiger partial charge is 0.259 e. The first kappa shape index (κ1) is 39.3. The number of ether oxygens (including phenoxy) is 2. The lowest BCUT2D eigenvalue weighted by Gasteiger charge is -2.37. The minimum atomic E-state index is -4.02. The first-order valence-corrected chi connectivity index (χ1v) is 21.0. The summed E-state index contributed by atoms with van der Waals surface area (Å²) in [6.07, 6.45) is 12.3. The molecule has 1 saturated heterocycles. The molecule has 2 aromatic heterocycles. The maximum atomic E-state index is 14.8. The molecule has 4 atom stereocenters. The molecule has 4 aliphatic rings. The van der Waals surface area contributed by atoms with Gasteiger partial charge in [-0.3, -0.25) is 29.0 Å². The summed E-state index contributed by atoms with van der Waals surface area (Å²) in [5.74, 6) is -1.11. The molecule has 4 amide bonds. The van der Waals surface area contributed by atoms with Gasteiger partial charge in [-0.05, 0) is 89.8 Å². The lowest BCUT2D eigenvalue weighted by molar-refractivity contribution is -0.142. The van der Waals surface area contributed by atoms with E-state index in [0.29, 0.717) is 62.9 Å².